The van der Waals surface area contributed by atoms with Crippen molar-refractivity contribution < 1.29 is 18.9 Å². The van der Waals surface area contributed by atoms with E-state index in [1.54, 1.807) is 0 Å². The summed E-state index contributed by atoms with van der Waals surface area (Å²) in [6.07, 6.45) is 2.04. The van der Waals surface area contributed by atoms with Gasteiger partial charge < -0.3 is 30.4 Å². The maximum Gasteiger partial charge on any atom is 0.0701 e. The SMILES string of the molecule is CCC(C)c1ccc(CC(C)(COCCOCCN)COCCOCCN)cc1. The van der Waals surface area contributed by atoms with Gasteiger partial charge >= 0.3 is 0 Å². The Bertz CT molecular complexity index is 494. The van der Waals surface area contributed by atoms with Crippen LogP contribution in [0, 0.1) is 5.41 Å². The third kappa shape index (κ3) is 11.7. The molecule has 0 aliphatic carbocycles. The second kappa shape index (κ2) is 15.8. The summed E-state index contributed by atoms with van der Waals surface area (Å²) in [6.45, 7) is 12.3. The average Bonchev–Trinajstić information content (AvgIpc) is 2.73. The van der Waals surface area contributed by atoms with E-state index in [0.717, 1.165) is 12.8 Å². The molecule has 6 nitrogen and oxygen atoms in total. The zero-order valence-corrected chi connectivity index (χ0v) is 18.7. The number of hydrogen-bond acceptors (Lipinski definition) is 6. The second-order valence-corrected chi connectivity index (χ2v) is 7.95. The lowest BCUT2D eigenvalue weighted by molar-refractivity contribution is -0.0388. The summed E-state index contributed by atoms with van der Waals surface area (Å²) in [5.41, 5.74) is 13.4. The molecule has 0 radical (unpaired) electrons. The van der Waals surface area contributed by atoms with Gasteiger partial charge in [0.05, 0.1) is 52.9 Å². The molecule has 0 saturated heterocycles. The molecular formula is C23H42N2O4. The van der Waals surface area contributed by atoms with Gasteiger partial charge in [0.1, 0.15) is 0 Å². The highest BCUT2D eigenvalue weighted by atomic mass is 16.5. The Morgan fingerprint density at radius 3 is 1.72 bits per heavy atom. The maximum absolute atomic E-state index is 5.90. The summed E-state index contributed by atoms with van der Waals surface area (Å²) in [6, 6.07) is 8.95. The van der Waals surface area contributed by atoms with E-state index >= 15 is 0 Å². The fourth-order valence-electron chi connectivity index (χ4n) is 3.08. The van der Waals surface area contributed by atoms with Crippen molar-refractivity contribution in [2.75, 3.05) is 65.9 Å². The molecule has 0 heterocycles. The fraction of sp³-hybridized carbons (Fsp3) is 0.739. The lowest BCUT2D eigenvalue weighted by Crippen LogP contribution is -2.33. The molecule has 0 aliphatic heterocycles. The molecule has 0 spiro atoms. The molecule has 0 fully saturated rings. The molecule has 1 rings (SSSR count). The van der Waals surface area contributed by atoms with Gasteiger partial charge in [-0.05, 0) is 29.9 Å². The zero-order chi connectivity index (χ0) is 21.4. The fourth-order valence-corrected chi connectivity index (χ4v) is 3.08. The number of ether oxygens (including phenoxy) is 4. The van der Waals surface area contributed by atoms with Crippen molar-refractivity contribution in [3.05, 3.63) is 35.4 Å². The molecule has 1 atom stereocenters. The second-order valence-electron chi connectivity index (χ2n) is 7.95. The van der Waals surface area contributed by atoms with E-state index in [9.17, 15) is 0 Å². The van der Waals surface area contributed by atoms with Crippen molar-refractivity contribution in [3.8, 4) is 0 Å². The van der Waals surface area contributed by atoms with Crippen molar-refractivity contribution in [1.29, 1.82) is 0 Å². The third-order valence-electron chi connectivity index (χ3n) is 4.96. The first-order valence-electron chi connectivity index (χ1n) is 10.8. The van der Waals surface area contributed by atoms with Crippen LogP contribution < -0.4 is 11.5 Å². The van der Waals surface area contributed by atoms with Crippen LogP contribution in [0.1, 0.15) is 44.2 Å². The van der Waals surface area contributed by atoms with Crippen molar-refractivity contribution in [2.45, 2.75) is 39.5 Å². The Hall–Kier alpha value is -1.02. The highest BCUT2D eigenvalue weighted by Crippen LogP contribution is 2.26. The van der Waals surface area contributed by atoms with Crippen molar-refractivity contribution >= 4 is 0 Å². The lowest BCUT2D eigenvalue weighted by atomic mass is 9.84. The molecule has 0 saturated carbocycles. The first kappa shape index (κ1) is 26.0. The predicted molar refractivity (Wildman–Crippen MR) is 118 cm³/mol. The molecule has 0 amide bonds. The summed E-state index contributed by atoms with van der Waals surface area (Å²) in [5.74, 6) is 0.587. The summed E-state index contributed by atoms with van der Waals surface area (Å²) in [5, 5.41) is 0. The van der Waals surface area contributed by atoms with Gasteiger partial charge in [0.25, 0.3) is 0 Å². The zero-order valence-electron chi connectivity index (χ0n) is 18.7. The lowest BCUT2D eigenvalue weighted by Gasteiger charge is -2.29. The van der Waals surface area contributed by atoms with E-state index in [-0.39, 0.29) is 5.41 Å². The van der Waals surface area contributed by atoms with E-state index in [4.69, 9.17) is 30.4 Å². The number of nitrogens with two attached hydrogens (primary N) is 2. The monoisotopic (exact) mass is 410 g/mol. The minimum Gasteiger partial charge on any atom is -0.378 e. The van der Waals surface area contributed by atoms with E-state index in [1.807, 2.05) is 0 Å². The Kier molecular flexibility index (Phi) is 14.1. The van der Waals surface area contributed by atoms with Crippen LogP contribution in [0.15, 0.2) is 24.3 Å². The highest BCUT2D eigenvalue weighted by Gasteiger charge is 2.26. The molecule has 0 aliphatic rings. The molecule has 29 heavy (non-hydrogen) atoms. The van der Waals surface area contributed by atoms with Crippen LogP contribution in [0.5, 0.6) is 0 Å². The Morgan fingerprint density at radius 1 is 0.793 bits per heavy atom. The van der Waals surface area contributed by atoms with Gasteiger partial charge in [-0.15, -0.1) is 0 Å². The van der Waals surface area contributed by atoms with Gasteiger partial charge in [-0.2, -0.15) is 0 Å². The molecule has 1 aromatic carbocycles. The quantitative estimate of drug-likeness (QED) is 0.362. The number of benzene rings is 1. The van der Waals surface area contributed by atoms with Gasteiger partial charge in [0, 0.05) is 18.5 Å². The Morgan fingerprint density at radius 2 is 1.28 bits per heavy atom. The van der Waals surface area contributed by atoms with Gasteiger partial charge in [-0.25, -0.2) is 0 Å². The van der Waals surface area contributed by atoms with E-state index in [2.05, 4.69) is 45.0 Å². The van der Waals surface area contributed by atoms with Crippen molar-refractivity contribution in [1.82, 2.24) is 0 Å². The summed E-state index contributed by atoms with van der Waals surface area (Å²) in [4.78, 5) is 0. The molecule has 168 valence electrons. The summed E-state index contributed by atoms with van der Waals surface area (Å²) < 4.78 is 22.6. The van der Waals surface area contributed by atoms with Crippen LogP contribution in [-0.2, 0) is 25.4 Å². The Balaban J connectivity index is 2.57. The van der Waals surface area contributed by atoms with Crippen LogP contribution in [0.2, 0.25) is 0 Å². The van der Waals surface area contributed by atoms with Gasteiger partial charge in [0.2, 0.25) is 0 Å². The minimum absolute atomic E-state index is 0.125. The van der Waals surface area contributed by atoms with E-state index < -0.39 is 0 Å². The summed E-state index contributed by atoms with van der Waals surface area (Å²) in [7, 11) is 0. The predicted octanol–water partition coefficient (Wildman–Crippen LogP) is 2.73. The van der Waals surface area contributed by atoms with Crippen molar-refractivity contribution in [3.63, 3.8) is 0 Å². The largest absolute Gasteiger partial charge is 0.378 e. The van der Waals surface area contributed by atoms with Gasteiger partial charge in [-0.1, -0.05) is 45.0 Å². The van der Waals surface area contributed by atoms with E-state index in [0.29, 0.717) is 71.9 Å². The molecular weight excluding hydrogens is 368 g/mol. The van der Waals surface area contributed by atoms with Crippen LogP contribution in [0.4, 0.5) is 0 Å². The highest BCUT2D eigenvalue weighted by molar-refractivity contribution is 5.25. The van der Waals surface area contributed by atoms with Gasteiger partial charge in [0.15, 0.2) is 0 Å². The normalized spacial score (nSPS) is 13.0. The molecule has 6 heteroatoms. The van der Waals surface area contributed by atoms with Crippen LogP contribution >= 0.6 is 0 Å². The smallest absolute Gasteiger partial charge is 0.0701 e. The van der Waals surface area contributed by atoms with E-state index in [1.165, 1.54) is 11.1 Å². The van der Waals surface area contributed by atoms with Crippen LogP contribution in [0.25, 0.3) is 0 Å². The number of rotatable bonds is 18. The number of hydrogen-bond donors (Lipinski definition) is 2. The average molecular weight is 411 g/mol. The molecule has 1 aromatic rings. The Labute approximate surface area is 177 Å². The molecule has 4 N–H and O–H groups in total. The minimum atomic E-state index is -0.125. The first-order valence-corrected chi connectivity index (χ1v) is 10.8. The molecule has 0 aromatic heterocycles. The summed E-state index contributed by atoms with van der Waals surface area (Å²) >= 11 is 0. The van der Waals surface area contributed by atoms with Gasteiger partial charge in [-0.3, -0.25) is 0 Å². The molecule has 1 unspecified atom stereocenters. The van der Waals surface area contributed by atoms with Crippen molar-refractivity contribution in [2.24, 2.45) is 16.9 Å². The standard InChI is InChI=1S/C23H42N2O4/c1-4-20(2)22-7-5-21(6-8-22)17-23(3,18-28-15-13-26-11-9-24)19-29-16-14-27-12-10-25/h5-8,20H,4,9-19,24-25H2,1-3H3. The maximum atomic E-state index is 5.90. The van der Waals surface area contributed by atoms with Crippen LogP contribution in [-0.4, -0.2) is 65.9 Å². The topological polar surface area (TPSA) is 89.0 Å². The van der Waals surface area contributed by atoms with Crippen LogP contribution in [0.3, 0.4) is 0 Å². The molecule has 0 bridgehead atoms. The third-order valence-corrected chi connectivity index (χ3v) is 4.96. The first-order chi connectivity index (χ1) is 14.0.